The summed E-state index contributed by atoms with van der Waals surface area (Å²) in [5.41, 5.74) is 0. The molecule has 0 aliphatic carbocycles. The zero-order valence-electron chi connectivity index (χ0n) is 8.84. The van der Waals surface area contributed by atoms with Crippen LogP contribution in [0.15, 0.2) is 0 Å². The van der Waals surface area contributed by atoms with Gasteiger partial charge in [0.2, 0.25) is 5.91 Å². The lowest BCUT2D eigenvalue weighted by molar-refractivity contribution is -0.121. The van der Waals surface area contributed by atoms with Crippen LogP contribution in [0.1, 0.15) is 19.3 Å². The van der Waals surface area contributed by atoms with Gasteiger partial charge in [-0.15, -0.1) is 0 Å². The molecular formula is C10H20N2O2. The van der Waals surface area contributed by atoms with E-state index in [1.54, 1.807) is 7.11 Å². The van der Waals surface area contributed by atoms with Crippen molar-refractivity contribution in [1.82, 2.24) is 10.6 Å². The molecule has 0 radical (unpaired) electrons. The summed E-state index contributed by atoms with van der Waals surface area (Å²) in [6.07, 6.45) is 2.69. The standard InChI is InChI=1S/C10H20N2O2/c1-14-6-2-4-12-10(13)7-9-3-5-11-8-9/h9,11H,2-8H2,1H3,(H,12,13). The lowest BCUT2D eigenvalue weighted by Crippen LogP contribution is -2.27. The molecule has 14 heavy (non-hydrogen) atoms. The Bertz CT molecular complexity index is 168. The van der Waals surface area contributed by atoms with Crippen molar-refractivity contribution in [1.29, 1.82) is 0 Å². The lowest BCUT2D eigenvalue weighted by Gasteiger charge is -2.08. The van der Waals surface area contributed by atoms with Crippen molar-refractivity contribution in [2.45, 2.75) is 19.3 Å². The van der Waals surface area contributed by atoms with Gasteiger partial charge in [-0.05, 0) is 31.8 Å². The largest absolute Gasteiger partial charge is 0.385 e. The molecule has 4 heteroatoms. The van der Waals surface area contributed by atoms with Crippen molar-refractivity contribution < 1.29 is 9.53 Å². The number of methoxy groups -OCH3 is 1. The van der Waals surface area contributed by atoms with Crippen LogP contribution in [0.4, 0.5) is 0 Å². The smallest absolute Gasteiger partial charge is 0.220 e. The Hall–Kier alpha value is -0.610. The van der Waals surface area contributed by atoms with E-state index in [1.165, 1.54) is 0 Å². The number of amides is 1. The van der Waals surface area contributed by atoms with E-state index in [0.717, 1.165) is 32.5 Å². The van der Waals surface area contributed by atoms with Gasteiger partial charge in [0.1, 0.15) is 0 Å². The van der Waals surface area contributed by atoms with E-state index < -0.39 is 0 Å². The second-order valence-electron chi connectivity index (χ2n) is 3.76. The maximum Gasteiger partial charge on any atom is 0.220 e. The first-order valence-electron chi connectivity index (χ1n) is 5.29. The summed E-state index contributed by atoms with van der Waals surface area (Å²) >= 11 is 0. The van der Waals surface area contributed by atoms with E-state index in [1.807, 2.05) is 0 Å². The fourth-order valence-electron chi connectivity index (χ4n) is 1.67. The molecule has 0 aromatic rings. The molecule has 1 aliphatic heterocycles. The minimum Gasteiger partial charge on any atom is -0.385 e. The van der Waals surface area contributed by atoms with Crippen molar-refractivity contribution in [3.8, 4) is 0 Å². The van der Waals surface area contributed by atoms with Crippen molar-refractivity contribution in [2.24, 2.45) is 5.92 Å². The molecule has 1 saturated heterocycles. The molecule has 1 rings (SSSR count). The van der Waals surface area contributed by atoms with E-state index in [0.29, 0.717) is 18.9 Å². The highest BCUT2D eigenvalue weighted by Gasteiger charge is 2.17. The minimum atomic E-state index is 0.176. The van der Waals surface area contributed by atoms with Crippen LogP contribution in [0.25, 0.3) is 0 Å². The maximum atomic E-state index is 11.4. The molecule has 82 valence electrons. The molecule has 1 amide bonds. The van der Waals surface area contributed by atoms with Crippen LogP contribution in [0, 0.1) is 5.92 Å². The second kappa shape index (κ2) is 6.79. The van der Waals surface area contributed by atoms with E-state index in [9.17, 15) is 4.79 Å². The third-order valence-corrected chi connectivity index (χ3v) is 2.48. The summed E-state index contributed by atoms with van der Waals surface area (Å²) in [5, 5.41) is 6.15. The predicted molar refractivity (Wildman–Crippen MR) is 55.1 cm³/mol. The van der Waals surface area contributed by atoms with E-state index in [4.69, 9.17) is 4.74 Å². The average molecular weight is 200 g/mol. The van der Waals surface area contributed by atoms with Crippen molar-refractivity contribution >= 4 is 5.91 Å². The number of carbonyl (C=O) groups excluding carboxylic acids is 1. The Kier molecular flexibility index (Phi) is 5.56. The van der Waals surface area contributed by atoms with Gasteiger partial charge in [-0.2, -0.15) is 0 Å². The lowest BCUT2D eigenvalue weighted by atomic mass is 10.0. The predicted octanol–water partition coefficient (Wildman–Crippen LogP) is 0.139. The first-order chi connectivity index (χ1) is 6.83. The Balaban J connectivity index is 1.98. The number of ether oxygens (including phenoxy) is 1. The van der Waals surface area contributed by atoms with Gasteiger partial charge in [0.25, 0.3) is 0 Å². The Morgan fingerprint density at radius 1 is 1.64 bits per heavy atom. The summed E-state index contributed by atoms with van der Waals surface area (Å²) in [5.74, 6) is 0.715. The molecule has 0 saturated carbocycles. The minimum absolute atomic E-state index is 0.176. The Labute approximate surface area is 85.4 Å². The fraction of sp³-hybridized carbons (Fsp3) is 0.900. The van der Waals surface area contributed by atoms with Crippen LogP contribution >= 0.6 is 0 Å². The molecule has 0 aromatic carbocycles. The van der Waals surface area contributed by atoms with E-state index in [2.05, 4.69) is 10.6 Å². The van der Waals surface area contributed by atoms with E-state index >= 15 is 0 Å². The first kappa shape index (κ1) is 11.5. The quantitative estimate of drug-likeness (QED) is 0.600. The highest BCUT2D eigenvalue weighted by Crippen LogP contribution is 2.11. The van der Waals surface area contributed by atoms with E-state index in [-0.39, 0.29) is 5.91 Å². The van der Waals surface area contributed by atoms with Gasteiger partial charge in [0.15, 0.2) is 0 Å². The van der Waals surface area contributed by atoms with Gasteiger partial charge in [0, 0.05) is 26.7 Å². The topological polar surface area (TPSA) is 50.4 Å². The van der Waals surface area contributed by atoms with Gasteiger partial charge >= 0.3 is 0 Å². The summed E-state index contributed by atoms with van der Waals surface area (Å²) in [6, 6.07) is 0. The van der Waals surface area contributed by atoms with Crippen LogP contribution in [-0.2, 0) is 9.53 Å². The molecule has 4 nitrogen and oxygen atoms in total. The number of hydrogen-bond acceptors (Lipinski definition) is 3. The van der Waals surface area contributed by atoms with Crippen LogP contribution in [-0.4, -0.2) is 39.3 Å². The highest BCUT2D eigenvalue weighted by molar-refractivity contribution is 5.76. The average Bonchev–Trinajstić information content (AvgIpc) is 2.65. The molecule has 0 spiro atoms. The van der Waals surface area contributed by atoms with Gasteiger partial charge < -0.3 is 15.4 Å². The Morgan fingerprint density at radius 2 is 2.50 bits per heavy atom. The zero-order valence-corrected chi connectivity index (χ0v) is 8.84. The van der Waals surface area contributed by atoms with Crippen molar-refractivity contribution in [3.63, 3.8) is 0 Å². The summed E-state index contributed by atoms with van der Waals surface area (Å²) < 4.78 is 4.90. The van der Waals surface area contributed by atoms with Crippen LogP contribution in [0.3, 0.4) is 0 Å². The highest BCUT2D eigenvalue weighted by atomic mass is 16.5. The molecule has 1 atom stereocenters. The van der Waals surface area contributed by atoms with Crippen molar-refractivity contribution in [2.75, 3.05) is 33.4 Å². The Morgan fingerprint density at radius 3 is 3.14 bits per heavy atom. The number of rotatable bonds is 6. The number of hydrogen-bond donors (Lipinski definition) is 2. The van der Waals surface area contributed by atoms with Gasteiger partial charge in [0.05, 0.1) is 0 Å². The normalized spacial score (nSPS) is 21.1. The number of nitrogens with one attached hydrogen (secondary N) is 2. The first-order valence-corrected chi connectivity index (χ1v) is 5.29. The number of carbonyl (C=O) groups is 1. The molecule has 1 fully saturated rings. The van der Waals surface area contributed by atoms with Crippen LogP contribution in [0.2, 0.25) is 0 Å². The van der Waals surface area contributed by atoms with Crippen molar-refractivity contribution in [3.05, 3.63) is 0 Å². The monoisotopic (exact) mass is 200 g/mol. The third kappa shape index (κ3) is 4.58. The SMILES string of the molecule is COCCCNC(=O)CC1CCNC1. The molecule has 0 aromatic heterocycles. The third-order valence-electron chi connectivity index (χ3n) is 2.48. The molecule has 2 N–H and O–H groups in total. The molecule has 0 bridgehead atoms. The molecular weight excluding hydrogens is 180 g/mol. The van der Waals surface area contributed by atoms with Gasteiger partial charge in [-0.25, -0.2) is 0 Å². The molecule has 1 aliphatic rings. The summed E-state index contributed by atoms with van der Waals surface area (Å²) in [7, 11) is 1.67. The summed E-state index contributed by atoms with van der Waals surface area (Å²) in [4.78, 5) is 11.4. The summed E-state index contributed by atoms with van der Waals surface area (Å²) in [6.45, 7) is 3.49. The second-order valence-corrected chi connectivity index (χ2v) is 3.76. The van der Waals surface area contributed by atoms with Gasteiger partial charge in [-0.3, -0.25) is 4.79 Å². The zero-order chi connectivity index (χ0) is 10.2. The van der Waals surface area contributed by atoms with Crippen LogP contribution in [0.5, 0.6) is 0 Å². The van der Waals surface area contributed by atoms with Crippen LogP contribution < -0.4 is 10.6 Å². The van der Waals surface area contributed by atoms with Gasteiger partial charge in [-0.1, -0.05) is 0 Å². The molecule has 1 unspecified atom stereocenters. The molecule has 1 heterocycles. The maximum absolute atomic E-state index is 11.4. The fourth-order valence-corrected chi connectivity index (χ4v) is 1.67.